The van der Waals surface area contributed by atoms with Crippen LogP contribution < -0.4 is 5.32 Å². The molecule has 90 valence electrons. The van der Waals surface area contributed by atoms with E-state index in [1.807, 2.05) is 0 Å². The second kappa shape index (κ2) is 7.62. The van der Waals surface area contributed by atoms with Crippen LogP contribution in [0.2, 0.25) is 10.3 Å². The second-order valence-corrected chi connectivity index (χ2v) is 3.65. The zero-order valence-corrected chi connectivity index (χ0v) is 10.4. The summed E-state index contributed by atoms with van der Waals surface area (Å²) in [7, 11) is 1.63. The largest absolute Gasteiger partial charge is 0.382 e. The van der Waals surface area contributed by atoms with Crippen LogP contribution in [0.5, 0.6) is 0 Å². The molecule has 1 N–H and O–H groups in total. The lowest BCUT2D eigenvalue weighted by Gasteiger charge is -2.07. The Morgan fingerprint density at radius 3 is 2.81 bits per heavy atom. The molecule has 1 rings (SSSR count). The van der Waals surface area contributed by atoms with Gasteiger partial charge in [0.2, 0.25) is 0 Å². The van der Waals surface area contributed by atoms with Gasteiger partial charge in [0, 0.05) is 19.7 Å². The number of nitrogens with zero attached hydrogens (tertiary/aromatic N) is 2. The zero-order chi connectivity index (χ0) is 11.8. The molecule has 1 aromatic rings. The summed E-state index contributed by atoms with van der Waals surface area (Å²) in [4.78, 5) is 0. The van der Waals surface area contributed by atoms with Gasteiger partial charge >= 0.3 is 0 Å². The minimum Gasteiger partial charge on any atom is -0.382 e. The third-order valence-corrected chi connectivity index (χ3v) is 2.18. The Hall–Kier alpha value is -0.620. The maximum atomic E-state index is 5.80. The van der Waals surface area contributed by atoms with E-state index in [0.29, 0.717) is 42.4 Å². The number of hydrogen-bond donors (Lipinski definition) is 1. The lowest BCUT2D eigenvalue weighted by Crippen LogP contribution is -2.12. The summed E-state index contributed by atoms with van der Waals surface area (Å²) in [6, 6.07) is 1.62. The van der Waals surface area contributed by atoms with Crippen molar-refractivity contribution >= 4 is 28.9 Å². The number of halogens is 2. The van der Waals surface area contributed by atoms with Crippen molar-refractivity contribution in [3.63, 3.8) is 0 Å². The maximum Gasteiger partial charge on any atom is 0.174 e. The summed E-state index contributed by atoms with van der Waals surface area (Å²) >= 11 is 11.5. The van der Waals surface area contributed by atoms with Crippen LogP contribution in [0, 0.1) is 0 Å². The van der Waals surface area contributed by atoms with Gasteiger partial charge in [-0.05, 0) is 0 Å². The molecule has 16 heavy (non-hydrogen) atoms. The molecule has 0 spiro atoms. The normalized spacial score (nSPS) is 10.4. The molecule has 0 unspecified atom stereocenters. The Kier molecular flexibility index (Phi) is 6.40. The number of anilines is 1. The predicted molar refractivity (Wildman–Crippen MR) is 63.2 cm³/mol. The van der Waals surface area contributed by atoms with Gasteiger partial charge in [-0.2, -0.15) is 0 Å². The Bertz CT molecular complexity index is 326. The first kappa shape index (κ1) is 13.4. The molecular formula is C9H13Cl2N3O2. The lowest BCUT2D eigenvalue weighted by molar-refractivity contribution is 0.0759. The van der Waals surface area contributed by atoms with Crippen LogP contribution in [0.3, 0.4) is 0 Å². The van der Waals surface area contributed by atoms with Crippen LogP contribution in [0.4, 0.5) is 5.69 Å². The number of methoxy groups -OCH3 is 1. The highest BCUT2D eigenvalue weighted by Crippen LogP contribution is 2.20. The number of ether oxygens (including phenoxy) is 2. The van der Waals surface area contributed by atoms with Crippen molar-refractivity contribution in [2.45, 2.75) is 0 Å². The molecule has 0 aliphatic heterocycles. The van der Waals surface area contributed by atoms with E-state index in [1.165, 1.54) is 0 Å². The Morgan fingerprint density at radius 1 is 1.25 bits per heavy atom. The van der Waals surface area contributed by atoms with Crippen LogP contribution in [-0.2, 0) is 9.47 Å². The van der Waals surface area contributed by atoms with Crippen LogP contribution >= 0.6 is 23.2 Å². The van der Waals surface area contributed by atoms with E-state index in [4.69, 9.17) is 32.7 Å². The Balaban J connectivity index is 2.23. The fraction of sp³-hybridized carbons (Fsp3) is 0.556. The molecule has 0 aromatic carbocycles. The van der Waals surface area contributed by atoms with Crippen molar-refractivity contribution in [2.75, 3.05) is 38.8 Å². The number of nitrogens with one attached hydrogen (secondary N) is 1. The van der Waals surface area contributed by atoms with Crippen LogP contribution in [0.25, 0.3) is 0 Å². The molecular weight excluding hydrogens is 253 g/mol. The smallest absolute Gasteiger partial charge is 0.174 e. The van der Waals surface area contributed by atoms with Crippen molar-refractivity contribution in [3.05, 3.63) is 16.4 Å². The third kappa shape index (κ3) is 4.94. The average molecular weight is 266 g/mol. The molecule has 1 aromatic heterocycles. The minimum absolute atomic E-state index is 0.293. The zero-order valence-electron chi connectivity index (χ0n) is 8.87. The molecule has 0 fully saturated rings. The molecule has 0 aliphatic rings. The van der Waals surface area contributed by atoms with Crippen LogP contribution in [-0.4, -0.2) is 43.7 Å². The fourth-order valence-corrected chi connectivity index (χ4v) is 1.29. The average Bonchev–Trinajstić information content (AvgIpc) is 2.28. The predicted octanol–water partition coefficient (Wildman–Crippen LogP) is 1.86. The van der Waals surface area contributed by atoms with Crippen molar-refractivity contribution in [2.24, 2.45) is 0 Å². The lowest BCUT2D eigenvalue weighted by atomic mass is 10.4. The Morgan fingerprint density at radius 2 is 2.06 bits per heavy atom. The highest BCUT2D eigenvalue weighted by molar-refractivity contribution is 6.33. The standard InChI is InChI=1S/C9H13Cl2N3O2/c1-15-4-5-16-3-2-12-7-6-8(10)13-14-9(7)11/h6H,2-5H2,1H3,(H,12,13). The molecule has 0 atom stereocenters. The topological polar surface area (TPSA) is 56.3 Å². The van der Waals surface area contributed by atoms with E-state index in [9.17, 15) is 0 Å². The van der Waals surface area contributed by atoms with Gasteiger partial charge in [0.05, 0.1) is 25.5 Å². The van der Waals surface area contributed by atoms with Crippen molar-refractivity contribution in [3.8, 4) is 0 Å². The highest BCUT2D eigenvalue weighted by atomic mass is 35.5. The van der Waals surface area contributed by atoms with Gasteiger partial charge in [-0.25, -0.2) is 0 Å². The van der Waals surface area contributed by atoms with Crippen molar-refractivity contribution in [1.29, 1.82) is 0 Å². The summed E-state index contributed by atoms with van der Waals surface area (Å²) < 4.78 is 10.1. The maximum absolute atomic E-state index is 5.80. The van der Waals surface area contributed by atoms with E-state index >= 15 is 0 Å². The van der Waals surface area contributed by atoms with Gasteiger partial charge in [-0.15, -0.1) is 10.2 Å². The number of rotatable bonds is 7. The third-order valence-electron chi connectivity index (χ3n) is 1.71. The summed E-state index contributed by atoms with van der Waals surface area (Å²) in [5, 5.41) is 10.9. The van der Waals surface area contributed by atoms with Crippen LogP contribution in [0.1, 0.15) is 0 Å². The van der Waals surface area contributed by atoms with Crippen molar-refractivity contribution in [1.82, 2.24) is 10.2 Å². The van der Waals surface area contributed by atoms with Gasteiger partial charge in [0.15, 0.2) is 10.3 Å². The highest BCUT2D eigenvalue weighted by Gasteiger charge is 2.02. The van der Waals surface area contributed by atoms with E-state index in [0.717, 1.165) is 0 Å². The summed E-state index contributed by atoms with van der Waals surface area (Å²) in [5.74, 6) is 0. The molecule has 1 heterocycles. The molecule has 0 bridgehead atoms. The summed E-state index contributed by atoms with van der Waals surface area (Å²) in [6.07, 6.45) is 0. The van der Waals surface area contributed by atoms with Gasteiger partial charge in [-0.3, -0.25) is 0 Å². The summed E-state index contributed by atoms with van der Waals surface area (Å²) in [5.41, 5.74) is 0.650. The molecule has 0 amide bonds. The van der Waals surface area contributed by atoms with Gasteiger partial charge in [0.1, 0.15) is 0 Å². The van der Waals surface area contributed by atoms with E-state index in [2.05, 4.69) is 15.5 Å². The van der Waals surface area contributed by atoms with Crippen LogP contribution in [0.15, 0.2) is 6.07 Å². The monoisotopic (exact) mass is 265 g/mol. The van der Waals surface area contributed by atoms with Gasteiger partial charge < -0.3 is 14.8 Å². The summed E-state index contributed by atoms with van der Waals surface area (Å²) in [6.45, 7) is 2.33. The number of aromatic nitrogens is 2. The Labute approximate surface area is 104 Å². The first-order valence-corrected chi connectivity index (χ1v) is 5.49. The molecule has 5 nitrogen and oxygen atoms in total. The SMILES string of the molecule is COCCOCCNc1cc(Cl)nnc1Cl. The van der Waals surface area contributed by atoms with Crippen molar-refractivity contribution < 1.29 is 9.47 Å². The molecule has 0 radical (unpaired) electrons. The number of hydrogen-bond acceptors (Lipinski definition) is 5. The van der Waals surface area contributed by atoms with E-state index in [-0.39, 0.29) is 0 Å². The second-order valence-electron chi connectivity index (χ2n) is 2.90. The van der Waals surface area contributed by atoms with Gasteiger partial charge in [0.25, 0.3) is 0 Å². The quantitative estimate of drug-likeness (QED) is 0.763. The molecule has 0 saturated heterocycles. The van der Waals surface area contributed by atoms with E-state index in [1.54, 1.807) is 13.2 Å². The van der Waals surface area contributed by atoms with E-state index < -0.39 is 0 Å². The fourth-order valence-electron chi connectivity index (χ4n) is 0.979. The minimum atomic E-state index is 0.293. The molecule has 0 aliphatic carbocycles. The first-order valence-electron chi connectivity index (χ1n) is 4.73. The van der Waals surface area contributed by atoms with Gasteiger partial charge in [-0.1, -0.05) is 23.2 Å². The molecule has 0 saturated carbocycles. The molecule has 7 heteroatoms. The first-order chi connectivity index (χ1) is 7.74.